The zero-order valence-corrected chi connectivity index (χ0v) is 12.7. The van der Waals surface area contributed by atoms with Crippen LogP contribution in [0.1, 0.15) is 30.0 Å². The van der Waals surface area contributed by atoms with Gasteiger partial charge in [0.2, 0.25) is 0 Å². The molecule has 2 rings (SSSR count). The summed E-state index contributed by atoms with van der Waals surface area (Å²) in [6.07, 6.45) is 1.74. The lowest BCUT2D eigenvalue weighted by Gasteiger charge is -2.22. The molecule has 0 saturated heterocycles. The topological polar surface area (TPSA) is 44.7 Å². The van der Waals surface area contributed by atoms with Gasteiger partial charge in [0.15, 0.2) is 0 Å². The Balaban J connectivity index is 2.03. The zero-order chi connectivity index (χ0) is 14.5. The summed E-state index contributed by atoms with van der Waals surface area (Å²) in [6.45, 7) is 4.16. The minimum Gasteiger partial charge on any atom is -0.493 e. The van der Waals surface area contributed by atoms with Crippen LogP contribution < -0.4 is 10.1 Å². The predicted octanol–water partition coefficient (Wildman–Crippen LogP) is 1.72. The van der Waals surface area contributed by atoms with E-state index in [4.69, 9.17) is 4.74 Å². The van der Waals surface area contributed by atoms with E-state index in [9.17, 15) is 5.11 Å². The fourth-order valence-electron chi connectivity index (χ4n) is 2.67. The Kier molecular flexibility index (Phi) is 5.40. The number of likely N-dealkylation sites (N-methyl/N-ethyl adjacent to an activating group) is 1. The second-order valence-corrected chi connectivity index (χ2v) is 5.91. The highest BCUT2D eigenvalue weighted by molar-refractivity contribution is 5.39. The number of ether oxygens (including phenoxy) is 1. The summed E-state index contributed by atoms with van der Waals surface area (Å²) in [5, 5.41) is 13.5. The molecule has 1 heterocycles. The fraction of sp³-hybridized carbons (Fsp3) is 0.625. The highest BCUT2D eigenvalue weighted by atomic mass is 16.5. The first-order chi connectivity index (χ1) is 9.56. The molecule has 0 amide bonds. The van der Waals surface area contributed by atoms with Gasteiger partial charge >= 0.3 is 0 Å². The highest BCUT2D eigenvalue weighted by Gasteiger charge is 2.20. The molecule has 2 unspecified atom stereocenters. The highest BCUT2D eigenvalue weighted by Crippen LogP contribution is 2.32. The summed E-state index contributed by atoms with van der Waals surface area (Å²) in [6, 6.07) is 6.60. The van der Waals surface area contributed by atoms with Gasteiger partial charge < -0.3 is 20.1 Å². The third-order valence-corrected chi connectivity index (χ3v) is 3.61. The van der Waals surface area contributed by atoms with Crippen molar-refractivity contribution >= 4 is 0 Å². The summed E-state index contributed by atoms with van der Waals surface area (Å²) in [4.78, 5) is 2.00. The molecule has 1 aliphatic heterocycles. The van der Waals surface area contributed by atoms with E-state index in [-0.39, 0.29) is 12.1 Å². The van der Waals surface area contributed by atoms with Crippen molar-refractivity contribution < 1.29 is 9.84 Å². The molecule has 1 aliphatic rings. The summed E-state index contributed by atoms with van der Waals surface area (Å²) in [7, 11) is 3.95. The first-order valence-electron chi connectivity index (χ1n) is 7.36. The largest absolute Gasteiger partial charge is 0.493 e. The van der Waals surface area contributed by atoms with Crippen LogP contribution in [-0.2, 0) is 0 Å². The number of aliphatic hydroxyl groups is 1. The van der Waals surface area contributed by atoms with Gasteiger partial charge in [0.1, 0.15) is 5.75 Å². The maximum absolute atomic E-state index is 9.99. The minimum atomic E-state index is -0.345. The maximum atomic E-state index is 9.99. The molecule has 0 bridgehead atoms. The van der Waals surface area contributed by atoms with Crippen molar-refractivity contribution in [1.82, 2.24) is 10.2 Å². The van der Waals surface area contributed by atoms with Crippen LogP contribution in [-0.4, -0.2) is 49.9 Å². The van der Waals surface area contributed by atoms with E-state index in [1.165, 1.54) is 11.1 Å². The molecule has 4 heteroatoms. The molecule has 1 aromatic carbocycles. The van der Waals surface area contributed by atoms with E-state index in [2.05, 4.69) is 30.4 Å². The monoisotopic (exact) mass is 278 g/mol. The van der Waals surface area contributed by atoms with Crippen LogP contribution in [0.15, 0.2) is 18.2 Å². The van der Waals surface area contributed by atoms with Gasteiger partial charge in [0.25, 0.3) is 0 Å². The molecule has 112 valence electrons. The zero-order valence-electron chi connectivity index (χ0n) is 12.7. The molecule has 20 heavy (non-hydrogen) atoms. The lowest BCUT2D eigenvalue weighted by molar-refractivity contribution is 0.131. The Hall–Kier alpha value is -1.10. The van der Waals surface area contributed by atoms with Crippen molar-refractivity contribution in [3.8, 4) is 5.75 Å². The third kappa shape index (κ3) is 4.20. The Labute approximate surface area is 121 Å². The number of nitrogens with zero attached hydrogens (tertiary/aromatic N) is 1. The van der Waals surface area contributed by atoms with Crippen molar-refractivity contribution in [2.75, 3.05) is 33.8 Å². The van der Waals surface area contributed by atoms with Gasteiger partial charge in [0, 0.05) is 24.7 Å². The SMILES string of the molecule is Cc1ccc2c(c1)C(NCC(O)CN(C)C)CCCO2. The molecule has 4 nitrogen and oxygen atoms in total. The van der Waals surface area contributed by atoms with Crippen LogP contribution in [0.3, 0.4) is 0 Å². The third-order valence-electron chi connectivity index (χ3n) is 3.61. The normalized spacial score (nSPS) is 20.1. The van der Waals surface area contributed by atoms with E-state index in [1.807, 2.05) is 19.0 Å². The Morgan fingerprint density at radius 2 is 2.25 bits per heavy atom. The lowest BCUT2D eigenvalue weighted by Crippen LogP contribution is -2.36. The van der Waals surface area contributed by atoms with Crippen molar-refractivity contribution in [3.05, 3.63) is 29.3 Å². The number of rotatable bonds is 5. The van der Waals surface area contributed by atoms with Crippen LogP contribution in [0.5, 0.6) is 5.75 Å². The smallest absolute Gasteiger partial charge is 0.124 e. The Morgan fingerprint density at radius 3 is 3.00 bits per heavy atom. The van der Waals surface area contributed by atoms with Crippen LogP contribution in [0.2, 0.25) is 0 Å². The number of hydrogen-bond donors (Lipinski definition) is 2. The molecule has 0 radical (unpaired) electrons. The molecule has 0 saturated carbocycles. The van der Waals surface area contributed by atoms with Crippen LogP contribution in [0, 0.1) is 6.92 Å². The van der Waals surface area contributed by atoms with Gasteiger partial charge in [-0.25, -0.2) is 0 Å². The summed E-state index contributed by atoms with van der Waals surface area (Å²) < 4.78 is 5.79. The van der Waals surface area contributed by atoms with Gasteiger partial charge in [-0.05, 0) is 39.9 Å². The van der Waals surface area contributed by atoms with E-state index in [0.29, 0.717) is 13.1 Å². The van der Waals surface area contributed by atoms with E-state index >= 15 is 0 Å². The first-order valence-corrected chi connectivity index (χ1v) is 7.36. The maximum Gasteiger partial charge on any atom is 0.124 e. The van der Waals surface area contributed by atoms with Gasteiger partial charge in [-0.1, -0.05) is 17.7 Å². The van der Waals surface area contributed by atoms with Crippen molar-refractivity contribution in [1.29, 1.82) is 0 Å². The first kappa shape index (κ1) is 15.3. The average molecular weight is 278 g/mol. The molecule has 2 N–H and O–H groups in total. The number of benzene rings is 1. The quantitative estimate of drug-likeness (QED) is 0.861. The molecule has 0 aliphatic carbocycles. The van der Waals surface area contributed by atoms with Crippen LogP contribution in [0.25, 0.3) is 0 Å². The van der Waals surface area contributed by atoms with Crippen molar-refractivity contribution in [3.63, 3.8) is 0 Å². The average Bonchev–Trinajstić information content (AvgIpc) is 2.57. The summed E-state index contributed by atoms with van der Waals surface area (Å²) >= 11 is 0. The number of aliphatic hydroxyl groups excluding tert-OH is 1. The minimum absolute atomic E-state index is 0.268. The summed E-state index contributed by atoms with van der Waals surface area (Å²) in [5.41, 5.74) is 2.47. The fourth-order valence-corrected chi connectivity index (χ4v) is 2.67. The Bertz CT molecular complexity index is 434. The predicted molar refractivity (Wildman–Crippen MR) is 81.2 cm³/mol. The number of nitrogens with one attached hydrogen (secondary N) is 1. The molecular formula is C16H26N2O2. The van der Waals surface area contributed by atoms with Gasteiger partial charge in [-0.15, -0.1) is 0 Å². The Morgan fingerprint density at radius 1 is 1.45 bits per heavy atom. The van der Waals surface area contributed by atoms with E-state index in [0.717, 1.165) is 25.2 Å². The van der Waals surface area contributed by atoms with Gasteiger partial charge in [0.05, 0.1) is 12.7 Å². The van der Waals surface area contributed by atoms with E-state index in [1.54, 1.807) is 0 Å². The van der Waals surface area contributed by atoms with E-state index < -0.39 is 0 Å². The second-order valence-electron chi connectivity index (χ2n) is 5.91. The second kappa shape index (κ2) is 7.07. The molecule has 2 atom stereocenters. The molecule has 0 fully saturated rings. The number of aryl methyl sites for hydroxylation is 1. The van der Waals surface area contributed by atoms with Crippen LogP contribution >= 0.6 is 0 Å². The molecule has 1 aromatic rings. The lowest BCUT2D eigenvalue weighted by atomic mass is 10.00. The molecule has 0 aromatic heterocycles. The van der Waals surface area contributed by atoms with Crippen molar-refractivity contribution in [2.45, 2.75) is 31.9 Å². The van der Waals surface area contributed by atoms with Gasteiger partial charge in [-0.2, -0.15) is 0 Å². The molecular weight excluding hydrogens is 252 g/mol. The van der Waals surface area contributed by atoms with Gasteiger partial charge in [-0.3, -0.25) is 0 Å². The standard InChI is InChI=1S/C16H26N2O2/c1-12-6-7-16-14(9-12)15(5-4-8-20-16)17-10-13(19)11-18(2)3/h6-7,9,13,15,17,19H,4-5,8,10-11H2,1-3H3. The molecule has 0 spiro atoms. The van der Waals surface area contributed by atoms with Crippen LogP contribution in [0.4, 0.5) is 0 Å². The summed E-state index contributed by atoms with van der Waals surface area (Å²) in [5.74, 6) is 0.979. The number of fused-ring (bicyclic) bond motifs is 1. The van der Waals surface area contributed by atoms with Crippen molar-refractivity contribution in [2.24, 2.45) is 0 Å². The number of hydrogen-bond acceptors (Lipinski definition) is 4.